The van der Waals surface area contributed by atoms with E-state index in [1.807, 2.05) is 13.8 Å². The Balaban J connectivity index is 2.71. The van der Waals surface area contributed by atoms with Gasteiger partial charge in [0.15, 0.2) is 5.69 Å². The molecule has 1 heterocycles. The first-order chi connectivity index (χ1) is 8.69. The molecule has 1 rings (SSSR count). The van der Waals surface area contributed by atoms with Crippen molar-refractivity contribution in [2.24, 2.45) is 0 Å². The number of carbonyl (C=O) groups excluding carboxylic acids is 1. The molecule has 0 fully saturated rings. The zero-order valence-corrected chi connectivity index (χ0v) is 11.0. The van der Waals surface area contributed by atoms with Crippen molar-refractivity contribution in [1.82, 2.24) is 9.78 Å². The van der Waals surface area contributed by atoms with E-state index in [4.69, 9.17) is 4.74 Å². The van der Waals surface area contributed by atoms with Crippen molar-refractivity contribution in [3.63, 3.8) is 0 Å². The number of hydrogen-bond donors (Lipinski definition) is 0. The second-order valence-electron chi connectivity index (χ2n) is 4.12. The predicted octanol–water partition coefficient (Wildman–Crippen LogP) is 2.00. The van der Waals surface area contributed by atoms with Crippen LogP contribution in [0.3, 0.4) is 0 Å². The van der Waals surface area contributed by atoms with E-state index in [0.29, 0.717) is 13.2 Å². The van der Waals surface area contributed by atoms with E-state index in [9.17, 15) is 9.59 Å². The number of carbonyl (C=O) groups is 1. The maximum Gasteiger partial charge on any atom is 0.358 e. The lowest BCUT2D eigenvalue weighted by molar-refractivity contribution is 0.0489. The number of ether oxygens (including phenoxy) is 1. The zero-order valence-electron chi connectivity index (χ0n) is 11.0. The molecular formula is C13H20N2O3. The van der Waals surface area contributed by atoms with Crippen molar-refractivity contribution < 1.29 is 9.53 Å². The summed E-state index contributed by atoms with van der Waals surface area (Å²) in [6, 6.07) is 2.78. The average Bonchev–Trinajstić information content (AvgIpc) is 2.38. The van der Waals surface area contributed by atoms with Crippen LogP contribution in [0.25, 0.3) is 0 Å². The SMILES string of the molecule is CCCCOC(=O)c1ccc(=O)n(CCCC)n1. The monoisotopic (exact) mass is 252 g/mol. The second kappa shape index (κ2) is 7.63. The largest absolute Gasteiger partial charge is 0.461 e. The van der Waals surface area contributed by atoms with Gasteiger partial charge in [0.05, 0.1) is 6.61 Å². The number of unbranched alkanes of at least 4 members (excludes halogenated alkanes) is 2. The molecule has 0 aliphatic carbocycles. The third-order valence-electron chi connectivity index (χ3n) is 2.53. The van der Waals surface area contributed by atoms with E-state index in [2.05, 4.69) is 5.10 Å². The molecule has 0 N–H and O–H groups in total. The zero-order chi connectivity index (χ0) is 13.4. The van der Waals surface area contributed by atoms with Crippen molar-refractivity contribution >= 4 is 5.97 Å². The topological polar surface area (TPSA) is 61.2 Å². The highest BCUT2D eigenvalue weighted by atomic mass is 16.5. The van der Waals surface area contributed by atoms with Crippen molar-refractivity contribution in [3.05, 3.63) is 28.2 Å². The lowest BCUT2D eigenvalue weighted by Crippen LogP contribution is -2.25. The van der Waals surface area contributed by atoms with Crippen LogP contribution >= 0.6 is 0 Å². The van der Waals surface area contributed by atoms with Crippen LogP contribution in [0.15, 0.2) is 16.9 Å². The first-order valence-corrected chi connectivity index (χ1v) is 6.44. The van der Waals surface area contributed by atoms with E-state index in [1.54, 1.807) is 0 Å². The molecule has 1 aromatic heterocycles. The molecule has 1 aromatic rings. The van der Waals surface area contributed by atoms with Gasteiger partial charge in [0.2, 0.25) is 0 Å². The summed E-state index contributed by atoms with van der Waals surface area (Å²) in [7, 11) is 0. The minimum Gasteiger partial charge on any atom is -0.461 e. The third-order valence-corrected chi connectivity index (χ3v) is 2.53. The van der Waals surface area contributed by atoms with Crippen molar-refractivity contribution in [2.75, 3.05) is 6.61 Å². The summed E-state index contributed by atoms with van der Waals surface area (Å²) in [5.74, 6) is -0.464. The molecule has 0 radical (unpaired) electrons. The molecule has 100 valence electrons. The summed E-state index contributed by atoms with van der Waals surface area (Å²) < 4.78 is 6.37. The van der Waals surface area contributed by atoms with Crippen molar-refractivity contribution in [3.8, 4) is 0 Å². The van der Waals surface area contributed by atoms with E-state index in [0.717, 1.165) is 25.7 Å². The minimum atomic E-state index is -0.464. The summed E-state index contributed by atoms with van der Waals surface area (Å²) in [6.07, 6.45) is 3.64. The highest BCUT2D eigenvalue weighted by molar-refractivity contribution is 5.86. The molecule has 0 spiro atoms. The fourth-order valence-electron chi connectivity index (χ4n) is 1.41. The predicted molar refractivity (Wildman–Crippen MR) is 68.6 cm³/mol. The molecule has 5 heteroatoms. The summed E-state index contributed by atoms with van der Waals surface area (Å²) in [5.41, 5.74) is 0.00960. The molecule has 0 aromatic carbocycles. The van der Waals surface area contributed by atoms with Crippen LogP contribution in [0.4, 0.5) is 0 Å². The second-order valence-corrected chi connectivity index (χ2v) is 4.12. The van der Waals surface area contributed by atoms with Crippen LogP contribution in [0.2, 0.25) is 0 Å². The first-order valence-electron chi connectivity index (χ1n) is 6.44. The van der Waals surface area contributed by atoms with Gasteiger partial charge in [0.25, 0.3) is 5.56 Å². The number of rotatable bonds is 7. The Morgan fingerprint density at radius 1 is 1.28 bits per heavy atom. The van der Waals surface area contributed by atoms with Gasteiger partial charge >= 0.3 is 5.97 Å². The van der Waals surface area contributed by atoms with Gasteiger partial charge in [-0.25, -0.2) is 9.48 Å². The highest BCUT2D eigenvalue weighted by Crippen LogP contribution is 1.98. The summed E-state index contributed by atoms with van der Waals surface area (Å²) >= 11 is 0. The molecule has 5 nitrogen and oxygen atoms in total. The Bertz CT molecular complexity index is 440. The van der Waals surface area contributed by atoms with Gasteiger partial charge in [0, 0.05) is 12.6 Å². The fourth-order valence-corrected chi connectivity index (χ4v) is 1.41. The molecule has 0 saturated carbocycles. The Kier molecular flexibility index (Phi) is 6.11. The number of nitrogens with zero attached hydrogens (tertiary/aromatic N) is 2. The smallest absolute Gasteiger partial charge is 0.358 e. The lowest BCUT2D eigenvalue weighted by atomic mass is 10.3. The molecule has 0 amide bonds. The maximum atomic E-state index is 11.7. The summed E-state index contributed by atoms with van der Waals surface area (Å²) in [5, 5.41) is 4.02. The van der Waals surface area contributed by atoms with Gasteiger partial charge in [-0.1, -0.05) is 26.7 Å². The molecule has 0 aliphatic heterocycles. The average molecular weight is 252 g/mol. The van der Waals surface area contributed by atoms with Crippen LogP contribution in [0, 0.1) is 0 Å². The van der Waals surface area contributed by atoms with Crippen LogP contribution in [0.5, 0.6) is 0 Å². The lowest BCUT2D eigenvalue weighted by Gasteiger charge is -2.06. The van der Waals surface area contributed by atoms with E-state index < -0.39 is 5.97 Å². The Labute approximate surface area is 107 Å². The first kappa shape index (κ1) is 14.4. The van der Waals surface area contributed by atoms with Gasteiger partial charge in [-0.3, -0.25) is 4.79 Å². The van der Waals surface area contributed by atoms with Gasteiger partial charge in [-0.05, 0) is 18.9 Å². The Morgan fingerprint density at radius 3 is 2.67 bits per heavy atom. The Hall–Kier alpha value is -1.65. The van der Waals surface area contributed by atoms with Gasteiger partial charge in [-0.15, -0.1) is 0 Å². The normalized spacial score (nSPS) is 10.3. The van der Waals surface area contributed by atoms with Crippen molar-refractivity contribution in [1.29, 1.82) is 0 Å². The van der Waals surface area contributed by atoms with Gasteiger partial charge < -0.3 is 4.74 Å². The fraction of sp³-hybridized carbons (Fsp3) is 0.615. The number of aryl methyl sites for hydroxylation is 1. The van der Waals surface area contributed by atoms with E-state index in [-0.39, 0.29) is 11.3 Å². The third kappa shape index (κ3) is 4.31. The molecule has 18 heavy (non-hydrogen) atoms. The Morgan fingerprint density at radius 2 is 2.00 bits per heavy atom. The molecule has 0 saturated heterocycles. The van der Waals surface area contributed by atoms with Crippen molar-refractivity contribution in [2.45, 2.75) is 46.1 Å². The molecular weight excluding hydrogens is 232 g/mol. The van der Waals surface area contributed by atoms with E-state index >= 15 is 0 Å². The number of hydrogen-bond acceptors (Lipinski definition) is 4. The van der Waals surface area contributed by atoms with Gasteiger partial charge in [-0.2, -0.15) is 5.10 Å². The molecule has 0 atom stereocenters. The van der Waals surface area contributed by atoms with Crippen LogP contribution in [-0.4, -0.2) is 22.4 Å². The van der Waals surface area contributed by atoms with Crippen LogP contribution in [0.1, 0.15) is 50.0 Å². The highest BCUT2D eigenvalue weighted by Gasteiger charge is 2.10. The van der Waals surface area contributed by atoms with E-state index in [1.165, 1.54) is 16.8 Å². The molecule has 0 bridgehead atoms. The minimum absolute atomic E-state index is 0.187. The number of aromatic nitrogens is 2. The summed E-state index contributed by atoms with van der Waals surface area (Å²) in [4.78, 5) is 23.2. The summed E-state index contributed by atoms with van der Waals surface area (Å²) in [6.45, 7) is 4.99. The molecule has 0 aliphatic rings. The quantitative estimate of drug-likeness (QED) is 0.550. The molecule has 0 unspecified atom stereocenters. The van der Waals surface area contributed by atoms with Gasteiger partial charge in [0.1, 0.15) is 0 Å². The maximum absolute atomic E-state index is 11.7. The van der Waals surface area contributed by atoms with Crippen LogP contribution < -0.4 is 5.56 Å². The van der Waals surface area contributed by atoms with Crippen LogP contribution in [-0.2, 0) is 11.3 Å². The standard InChI is InChI=1S/C13H20N2O3/c1-3-5-9-15-12(16)8-7-11(14-15)13(17)18-10-6-4-2/h7-8H,3-6,9-10H2,1-2H3. The number of esters is 1.